The molecule has 0 atom stereocenters. The molecule has 2 N–H and O–H groups in total. The summed E-state index contributed by atoms with van der Waals surface area (Å²) in [6.45, 7) is 0. The maximum absolute atomic E-state index is 12.4. The molecule has 0 aliphatic carbocycles. The number of ether oxygens (including phenoxy) is 5. The van der Waals surface area contributed by atoms with Crippen molar-refractivity contribution in [3.63, 3.8) is 0 Å². The number of amides is 2. The number of carbonyl (C=O) groups excluding carboxylic acids is 2. The van der Waals surface area contributed by atoms with Crippen molar-refractivity contribution in [1.29, 1.82) is 0 Å². The van der Waals surface area contributed by atoms with E-state index in [0.29, 0.717) is 49.5 Å². The molecule has 11 nitrogen and oxygen atoms in total. The van der Waals surface area contributed by atoms with Gasteiger partial charge >= 0.3 is 0 Å². The van der Waals surface area contributed by atoms with Gasteiger partial charge in [0.05, 0.1) is 47.0 Å². The molecule has 37 heavy (non-hydrogen) atoms. The lowest BCUT2D eigenvalue weighted by molar-refractivity contribution is -0.114. The normalized spacial score (nSPS) is 10.6. The van der Waals surface area contributed by atoms with Crippen LogP contribution in [-0.2, 0) is 9.59 Å². The summed E-state index contributed by atoms with van der Waals surface area (Å²) in [5, 5.41) is 13.7. The Hall–Kier alpha value is -3.97. The highest BCUT2D eigenvalue weighted by Crippen LogP contribution is 2.38. The highest BCUT2D eigenvalue weighted by molar-refractivity contribution is 8.01. The summed E-state index contributed by atoms with van der Waals surface area (Å²) in [6, 6.07) is 8.55. The van der Waals surface area contributed by atoms with E-state index in [4.69, 9.17) is 23.7 Å². The Morgan fingerprint density at radius 3 is 2.22 bits per heavy atom. The molecule has 0 fully saturated rings. The molecule has 196 valence electrons. The first-order chi connectivity index (χ1) is 17.9. The smallest absolute Gasteiger partial charge is 0.250 e. The van der Waals surface area contributed by atoms with Crippen molar-refractivity contribution < 1.29 is 33.3 Å². The SMILES string of the molecule is COc1ccc(OC)c(NC(=O)CSc2nnc(NC(=O)/C=C/c3cc(OC)c(OC)c(OC)c3)s2)c1. The summed E-state index contributed by atoms with van der Waals surface area (Å²) in [5.74, 6) is 1.94. The Labute approximate surface area is 222 Å². The Bertz CT molecular complexity index is 1250. The molecule has 3 aromatic rings. The van der Waals surface area contributed by atoms with Crippen LogP contribution in [0.4, 0.5) is 10.8 Å². The number of rotatable bonds is 12. The lowest BCUT2D eigenvalue weighted by Crippen LogP contribution is -2.14. The number of hydrogen-bond donors (Lipinski definition) is 2. The van der Waals surface area contributed by atoms with Crippen molar-refractivity contribution in [3.05, 3.63) is 42.0 Å². The van der Waals surface area contributed by atoms with E-state index in [2.05, 4.69) is 20.8 Å². The van der Waals surface area contributed by atoms with Crippen molar-refractivity contribution in [2.45, 2.75) is 4.34 Å². The zero-order valence-corrected chi connectivity index (χ0v) is 22.5. The average Bonchev–Trinajstić information content (AvgIpc) is 3.36. The van der Waals surface area contributed by atoms with Crippen LogP contribution in [0.3, 0.4) is 0 Å². The molecule has 2 amide bonds. The van der Waals surface area contributed by atoms with Crippen LogP contribution in [0.2, 0.25) is 0 Å². The predicted octanol–water partition coefficient (Wildman–Crippen LogP) is 3.96. The fraction of sp³-hybridized carbons (Fsp3) is 0.250. The molecule has 1 aromatic heterocycles. The molecular formula is C24H26N4O7S2. The number of hydrogen-bond acceptors (Lipinski definition) is 11. The molecule has 1 heterocycles. The first-order valence-electron chi connectivity index (χ1n) is 10.7. The number of anilines is 2. The van der Waals surface area contributed by atoms with E-state index in [1.54, 1.807) is 36.4 Å². The fourth-order valence-corrected chi connectivity index (χ4v) is 4.62. The standard InChI is InChI=1S/C24H26N4O7S2/c1-31-15-7-8-17(32-2)16(12-15)25-21(30)13-36-24-28-27-23(37-24)26-20(29)9-6-14-10-18(33-3)22(35-5)19(11-14)34-4/h6-12H,13H2,1-5H3,(H,25,30)(H,26,27,29)/b9-6+. The second-order valence-corrected chi connectivity index (χ2v) is 9.26. The van der Waals surface area contributed by atoms with E-state index >= 15 is 0 Å². The first-order valence-corrected chi connectivity index (χ1v) is 12.5. The highest BCUT2D eigenvalue weighted by atomic mass is 32.2. The predicted molar refractivity (Wildman–Crippen MR) is 143 cm³/mol. The highest BCUT2D eigenvalue weighted by Gasteiger charge is 2.14. The zero-order chi connectivity index (χ0) is 26.8. The first kappa shape index (κ1) is 27.6. The monoisotopic (exact) mass is 546 g/mol. The van der Waals surface area contributed by atoms with Crippen LogP contribution in [0, 0.1) is 0 Å². The maximum Gasteiger partial charge on any atom is 0.250 e. The molecule has 0 aliphatic rings. The van der Waals surface area contributed by atoms with Gasteiger partial charge in [0.25, 0.3) is 0 Å². The van der Waals surface area contributed by atoms with E-state index in [9.17, 15) is 9.59 Å². The number of nitrogens with one attached hydrogen (secondary N) is 2. The number of carbonyl (C=O) groups is 2. The number of benzene rings is 2. The summed E-state index contributed by atoms with van der Waals surface area (Å²) in [4.78, 5) is 24.8. The minimum atomic E-state index is -0.399. The van der Waals surface area contributed by atoms with Gasteiger partial charge in [-0.15, -0.1) is 10.2 Å². The minimum absolute atomic E-state index is 0.0873. The van der Waals surface area contributed by atoms with Gasteiger partial charge in [-0.3, -0.25) is 14.9 Å². The largest absolute Gasteiger partial charge is 0.497 e. The quantitative estimate of drug-likeness (QED) is 0.196. The molecule has 0 bridgehead atoms. The Morgan fingerprint density at radius 2 is 1.59 bits per heavy atom. The zero-order valence-electron chi connectivity index (χ0n) is 20.8. The minimum Gasteiger partial charge on any atom is -0.497 e. The molecule has 0 unspecified atom stereocenters. The van der Waals surface area contributed by atoms with Crippen LogP contribution in [0.1, 0.15) is 5.56 Å². The van der Waals surface area contributed by atoms with Gasteiger partial charge in [0.1, 0.15) is 11.5 Å². The van der Waals surface area contributed by atoms with Crippen LogP contribution >= 0.6 is 23.1 Å². The van der Waals surface area contributed by atoms with Crippen molar-refractivity contribution in [1.82, 2.24) is 10.2 Å². The van der Waals surface area contributed by atoms with Crippen molar-refractivity contribution >= 4 is 51.8 Å². The topological polar surface area (TPSA) is 130 Å². The van der Waals surface area contributed by atoms with E-state index in [1.165, 1.54) is 53.4 Å². The molecule has 13 heteroatoms. The number of nitrogens with zero attached hydrogens (tertiary/aromatic N) is 2. The van der Waals surface area contributed by atoms with Crippen LogP contribution in [-0.4, -0.2) is 63.3 Å². The fourth-order valence-electron chi connectivity index (χ4n) is 3.06. The summed E-state index contributed by atoms with van der Waals surface area (Å²) in [5.41, 5.74) is 1.17. The summed E-state index contributed by atoms with van der Waals surface area (Å²) >= 11 is 2.35. The third kappa shape index (κ3) is 7.51. The number of thioether (sulfide) groups is 1. The van der Waals surface area contributed by atoms with Crippen molar-refractivity contribution in [2.75, 3.05) is 51.9 Å². The third-order valence-corrected chi connectivity index (χ3v) is 6.73. The Morgan fingerprint density at radius 1 is 0.892 bits per heavy atom. The van der Waals surface area contributed by atoms with E-state index < -0.39 is 5.91 Å². The molecule has 0 spiro atoms. The van der Waals surface area contributed by atoms with Crippen LogP contribution in [0.15, 0.2) is 40.7 Å². The maximum atomic E-state index is 12.4. The van der Waals surface area contributed by atoms with Gasteiger partial charge in [-0.05, 0) is 35.9 Å². The lowest BCUT2D eigenvalue weighted by Gasteiger charge is -2.12. The van der Waals surface area contributed by atoms with Crippen molar-refractivity contribution in [2.24, 2.45) is 0 Å². The van der Waals surface area contributed by atoms with E-state index in [-0.39, 0.29) is 11.7 Å². The lowest BCUT2D eigenvalue weighted by atomic mass is 10.1. The van der Waals surface area contributed by atoms with Gasteiger partial charge in [0.15, 0.2) is 15.8 Å². The second-order valence-electron chi connectivity index (χ2n) is 7.06. The van der Waals surface area contributed by atoms with Crippen LogP contribution in [0.25, 0.3) is 6.08 Å². The molecule has 0 saturated heterocycles. The Kier molecular flexibility index (Phi) is 9.98. The number of methoxy groups -OCH3 is 5. The van der Waals surface area contributed by atoms with Gasteiger partial charge in [-0.25, -0.2) is 0 Å². The third-order valence-electron chi connectivity index (χ3n) is 4.76. The number of aromatic nitrogens is 2. The summed E-state index contributed by atoms with van der Waals surface area (Å²) in [7, 11) is 7.60. The second kappa shape index (κ2) is 13.4. The molecule has 0 radical (unpaired) electrons. The Balaban J connectivity index is 1.55. The average molecular weight is 547 g/mol. The van der Waals surface area contributed by atoms with Crippen LogP contribution < -0.4 is 34.3 Å². The summed E-state index contributed by atoms with van der Waals surface area (Å²) in [6.07, 6.45) is 2.96. The molecule has 0 saturated carbocycles. The molecule has 3 rings (SSSR count). The molecule has 2 aromatic carbocycles. The van der Waals surface area contributed by atoms with E-state index in [0.717, 1.165) is 11.3 Å². The summed E-state index contributed by atoms with van der Waals surface area (Å²) < 4.78 is 26.9. The molecule has 0 aliphatic heterocycles. The van der Waals surface area contributed by atoms with Gasteiger partial charge < -0.3 is 29.0 Å². The molecular weight excluding hydrogens is 520 g/mol. The van der Waals surface area contributed by atoms with Gasteiger partial charge in [-0.1, -0.05) is 23.1 Å². The van der Waals surface area contributed by atoms with Gasteiger partial charge in [0, 0.05) is 12.1 Å². The van der Waals surface area contributed by atoms with Gasteiger partial charge in [-0.2, -0.15) is 0 Å². The van der Waals surface area contributed by atoms with Crippen molar-refractivity contribution in [3.8, 4) is 28.7 Å². The van der Waals surface area contributed by atoms with Crippen LogP contribution in [0.5, 0.6) is 28.7 Å². The van der Waals surface area contributed by atoms with Gasteiger partial charge in [0.2, 0.25) is 22.7 Å². The van der Waals surface area contributed by atoms with E-state index in [1.807, 2.05) is 0 Å².